The monoisotopic (exact) mass is 375 g/mol. The van der Waals surface area contributed by atoms with Gasteiger partial charge in [0.25, 0.3) is 0 Å². The molecule has 0 aliphatic carbocycles. The number of nitrogens with zero attached hydrogens (tertiary/aromatic N) is 1. The van der Waals surface area contributed by atoms with Crippen molar-refractivity contribution in [1.29, 1.82) is 0 Å². The van der Waals surface area contributed by atoms with Gasteiger partial charge in [0.05, 0.1) is 19.1 Å². The smallest absolute Gasteiger partial charge is 0.344 e. The lowest BCUT2D eigenvalue weighted by molar-refractivity contribution is -0.385. The average Bonchev–Trinajstić information content (AvgIpc) is 2.69. The summed E-state index contributed by atoms with van der Waals surface area (Å²) in [5.74, 6) is -0.513. The van der Waals surface area contributed by atoms with E-state index in [0.717, 1.165) is 0 Å². The van der Waals surface area contributed by atoms with Crippen LogP contribution >= 0.6 is 0 Å². The van der Waals surface area contributed by atoms with Crippen LogP contribution in [-0.2, 0) is 9.53 Å². The van der Waals surface area contributed by atoms with Gasteiger partial charge in [0.15, 0.2) is 36.2 Å². The molecule has 2 aromatic rings. The summed E-state index contributed by atoms with van der Waals surface area (Å²) in [5, 5.41) is 10.9. The van der Waals surface area contributed by atoms with Crippen molar-refractivity contribution in [3.05, 3.63) is 58.1 Å². The molecule has 9 heteroatoms. The Labute approximate surface area is 154 Å². The van der Waals surface area contributed by atoms with E-state index in [1.807, 2.05) is 0 Å². The summed E-state index contributed by atoms with van der Waals surface area (Å²) in [6, 6.07) is 10.2. The molecule has 0 radical (unpaired) electrons. The standard InChI is InChI=1S/C18H17NO8/c1-24-16-8-7-12(9-17(16)25-2)14(20)10-27-18(21)11-26-15-6-4-3-5-13(15)19(22)23/h3-9H,10-11H2,1-2H3. The zero-order chi connectivity index (χ0) is 19.8. The topological polar surface area (TPSA) is 114 Å². The molecule has 0 unspecified atom stereocenters. The van der Waals surface area contributed by atoms with E-state index >= 15 is 0 Å². The van der Waals surface area contributed by atoms with Crippen LogP contribution in [0.1, 0.15) is 10.4 Å². The number of rotatable bonds is 9. The minimum Gasteiger partial charge on any atom is -0.493 e. The van der Waals surface area contributed by atoms with Crippen molar-refractivity contribution in [1.82, 2.24) is 0 Å². The van der Waals surface area contributed by atoms with E-state index in [2.05, 4.69) is 0 Å². The molecule has 0 atom stereocenters. The van der Waals surface area contributed by atoms with Gasteiger partial charge in [0.2, 0.25) is 0 Å². The number of esters is 1. The number of ether oxygens (including phenoxy) is 4. The van der Waals surface area contributed by atoms with Gasteiger partial charge in [-0.3, -0.25) is 14.9 Å². The van der Waals surface area contributed by atoms with Crippen LogP contribution in [0.15, 0.2) is 42.5 Å². The Morgan fingerprint density at radius 2 is 1.67 bits per heavy atom. The highest BCUT2D eigenvalue weighted by Crippen LogP contribution is 2.28. The summed E-state index contributed by atoms with van der Waals surface area (Å²) in [6.45, 7) is -1.07. The first-order valence-corrected chi connectivity index (χ1v) is 7.73. The van der Waals surface area contributed by atoms with E-state index in [9.17, 15) is 19.7 Å². The van der Waals surface area contributed by atoms with Gasteiger partial charge in [0, 0.05) is 11.6 Å². The molecule has 9 nitrogen and oxygen atoms in total. The molecule has 0 aromatic heterocycles. The van der Waals surface area contributed by atoms with Crippen LogP contribution in [0.4, 0.5) is 5.69 Å². The maximum atomic E-state index is 12.1. The van der Waals surface area contributed by atoms with Gasteiger partial charge in [-0.05, 0) is 24.3 Å². The largest absolute Gasteiger partial charge is 0.493 e. The number of nitro benzene ring substituents is 1. The molecule has 2 aromatic carbocycles. The number of nitro groups is 1. The molecule has 0 saturated carbocycles. The fourth-order valence-electron chi connectivity index (χ4n) is 2.15. The summed E-state index contributed by atoms with van der Waals surface area (Å²) in [4.78, 5) is 34.1. The average molecular weight is 375 g/mol. The number of para-hydroxylation sites is 2. The van der Waals surface area contributed by atoms with E-state index in [0.29, 0.717) is 11.5 Å². The van der Waals surface area contributed by atoms with E-state index < -0.39 is 29.9 Å². The molecular weight excluding hydrogens is 358 g/mol. The first-order chi connectivity index (χ1) is 13.0. The summed E-state index contributed by atoms with van der Waals surface area (Å²) >= 11 is 0. The zero-order valence-electron chi connectivity index (χ0n) is 14.7. The minimum absolute atomic E-state index is 0.0642. The number of carbonyl (C=O) groups excluding carboxylic acids is 2. The maximum Gasteiger partial charge on any atom is 0.344 e. The van der Waals surface area contributed by atoms with Gasteiger partial charge in [0.1, 0.15) is 0 Å². The second kappa shape index (κ2) is 9.18. The Balaban J connectivity index is 1.90. The summed E-state index contributed by atoms with van der Waals surface area (Å²) < 4.78 is 20.2. The second-order valence-corrected chi connectivity index (χ2v) is 5.17. The Morgan fingerprint density at radius 3 is 2.33 bits per heavy atom. The van der Waals surface area contributed by atoms with Crippen LogP contribution in [0, 0.1) is 10.1 Å². The number of ketones is 1. The molecule has 0 aliphatic rings. The van der Waals surface area contributed by atoms with Gasteiger partial charge in [-0.25, -0.2) is 4.79 Å². The lowest BCUT2D eigenvalue weighted by Crippen LogP contribution is -2.19. The Bertz CT molecular complexity index is 849. The highest BCUT2D eigenvalue weighted by molar-refractivity contribution is 5.98. The molecule has 0 spiro atoms. The molecule has 0 bridgehead atoms. The number of hydrogen-bond donors (Lipinski definition) is 0. The zero-order valence-corrected chi connectivity index (χ0v) is 14.7. The van der Waals surface area contributed by atoms with Gasteiger partial charge in [-0.15, -0.1) is 0 Å². The second-order valence-electron chi connectivity index (χ2n) is 5.17. The fourth-order valence-corrected chi connectivity index (χ4v) is 2.15. The Morgan fingerprint density at radius 1 is 0.963 bits per heavy atom. The van der Waals surface area contributed by atoms with Crippen molar-refractivity contribution in [2.75, 3.05) is 27.4 Å². The van der Waals surface area contributed by atoms with Crippen molar-refractivity contribution in [3.8, 4) is 17.2 Å². The molecular formula is C18H17NO8. The predicted molar refractivity (Wildman–Crippen MR) is 93.4 cm³/mol. The summed E-state index contributed by atoms with van der Waals surface area (Å²) in [7, 11) is 2.91. The molecule has 0 N–H and O–H groups in total. The number of carbonyl (C=O) groups is 2. The van der Waals surface area contributed by atoms with Crippen molar-refractivity contribution in [2.24, 2.45) is 0 Å². The van der Waals surface area contributed by atoms with Crippen molar-refractivity contribution >= 4 is 17.4 Å². The van der Waals surface area contributed by atoms with Crippen LogP contribution in [0.25, 0.3) is 0 Å². The van der Waals surface area contributed by atoms with Crippen LogP contribution in [0.3, 0.4) is 0 Å². The number of Topliss-reactive ketones (excluding diaryl/α,β-unsaturated/α-hetero) is 1. The van der Waals surface area contributed by atoms with Gasteiger partial charge >= 0.3 is 11.7 Å². The number of benzene rings is 2. The Kier molecular flexibility index (Phi) is 6.70. The molecule has 142 valence electrons. The fraction of sp³-hybridized carbons (Fsp3) is 0.222. The Hall–Kier alpha value is -3.62. The van der Waals surface area contributed by atoms with E-state index in [1.165, 1.54) is 50.6 Å². The van der Waals surface area contributed by atoms with Crippen LogP contribution in [0.5, 0.6) is 17.2 Å². The first kappa shape index (κ1) is 19.7. The molecule has 0 heterocycles. The number of hydrogen-bond acceptors (Lipinski definition) is 8. The van der Waals surface area contributed by atoms with Crippen molar-refractivity contribution in [3.63, 3.8) is 0 Å². The van der Waals surface area contributed by atoms with Gasteiger partial charge in [-0.2, -0.15) is 0 Å². The molecule has 27 heavy (non-hydrogen) atoms. The van der Waals surface area contributed by atoms with Gasteiger partial charge < -0.3 is 18.9 Å². The third-order valence-electron chi connectivity index (χ3n) is 3.48. The third kappa shape index (κ3) is 5.18. The normalized spacial score (nSPS) is 10.0. The highest BCUT2D eigenvalue weighted by Gasteiger charge is 2.17. The quantitative estimate of drug-likeness (QED) is 0.284. The maximum absolute atomic E-state index is 12.1. The third-order valence-corrected chi connectivity index (χ3v) is 3.48. The predicted octanol–water partition coefficient (Wildman–Crippen LogP) is 2.42. The molecule has 0 fully saturated rings. The molecule has 0 aliphatic heterocycles. The molecule has 2 rings (SSSR count). The van der Waals surface area contributed by atoms with Gasteiger partial charge in [-0.1, -0.05) is 12.1 Å². The van der Waals surface area contributed by atoms with Crippen molar-refractivity contribution in [2.45, 2.75) is 0 Å². The molecule has 0 saturated heterocycles. The van der Waals surface area contributed by atoms with Crippen LogP contribution < -0.4 is 14.2 Å². The van der Waals surface area contributed by atoms with E-state index in [4.69, 9.17) is 18.9 Å². The summed E-state index contributed by atoms with van der Waals surface area (Å²) in [5.41, 5.74) is 0.00627. The lowest BCUT2D eigenvalue weighted by atomic mass is 10.1. The van der Waals surface area contributed by atoms with E-state index in [1.54, 1.807) is 6.07 Å². The summed E-state index contributed by atoms with van der Waals surface area (Å²) in [6.07, 6.45) is 0. The highest BCUT2D eigenvalue weighted by atomic mass is 16.6. The number of methoxy groups -OCH3 is 2. The van der Waals surface area contributed by atoms with Crippen LogP contribution in [-0.4, -0.2) is 44.1 Å². The molecule has 0 amide bonds. The van der Waals surface area contributed by atoms with E-state index in [-0.39, 0.29) is 17.0 Å². The first-order valence-electron chi connectivity index (χ1n) is 7.73. The van der Waals surface area contributed by atoms with Crippen molar-refractivity contribution < 1.29 is 33.5 Å². The minimum atomic E-state index is -0.832. The SMILES string of the molecule is COc1ccc(C(=O)COC(=O)COc2ccccc2[N+](=O)[O-])cc1OC. The van der Waals surface area contributed by atoms with Crippen LogP contribution in [0.2, 0.25) is 0 Å². The lowest BCUT2D eigenvalue weighted by Gasteiger charge is -2.10.